The summed E-state index contributed by atoms with van der Waals surface area (Å²) in [6, 6.07) is 12.4. The first kappa shape index (κ1) is 21.0. The third-order valence-electron chi connectivity index (χ3n) is 4.72. The van der Waals surface area contributed by atoms with Gasteiger partial charge in [0.25, 0.3) is 11.5 Å². The van der Waals surface area contributed by atoms with Crippen molar-refractivity contribution in [2.24, 2.45) is 0 Å². The highest BCUT2D eigenvalue weighted by Gasteiger charge is 2.20. The van der Waals surface area contributed by atoms with Crippen LogP contribution in [0.15, 0.2) is 62.5 Å². The van der Waals surface area contributed by atoms with Gasteiger partial charge in [0.1, 0.15) is 11.5 Å². The van der Waals surface area contributed by atoms with E-state index in [2.05, 4.69) is 25.5 Å². The molecule has 0 atom stereocenters. The molecule has 0 radical (unpaired) electrons. The van der Waals surface area contributed by atoms with Gasteiger partial charge < -0.3 is 9.84 Å². The van der Waals surface area contributed by atoms with Crippen LogP contribution >= 0.6 is 22.7 Å². The zero-order valence-electron chi connectivity index (χ0n) is 17.4. The molecule has 5 aromatic heterocycles. The van der Waals surface area contributed by atoms with Crippen molar-refractivity contribution in [1.29, 1.82) is 0 Å². The zero-order chi connectivity index (χ0) is 22.8. The Bertz CT molecular complexity index is 1450. The third kappa shape index (κ3) is 4.41. The van der Waals surface area contributed by atoms with E-state index in [-0.39, 0.29) is 17.2 Å². The Labute approximate surface area is 195 Å². The first-order chi connectivity index (χ1) is 16.1. The first-order valence-corrected chi connectivity index (χ1v) is 11.9. The number of nitrogens with one attached hydrogen (secondary N) is 2. The van der Waals surface area contributed by atoms with Crippen LogP contribution in [0.4, 0.5) is 5.82 Å². The zero-order valence-corrected chi connectivity index (χ0v) is 19.1. The molecule has 0 saturated carbocycles. The monoisotopic (exact) mass is 478 g/mol. The van der Waals surface area contributed by atoms with Crippen LogP contribution < -0.4 is 10.9 Å². The quantitative estimate of drug-likeness (QED) is 0.353. The lowest BCUT2D eigenvalue weighted by atomic mass is 10.2. The highest BCUT2D eigenvalue weighted by molar-refractivity contribution is 7.13. The van der Waals surface area contributed by atoms with E-state index in [1.165, 1.54) is 33.4 Å². The van der Waals surface area contributed by atoms with Crippen LogP contribution in [0.25, 0.3) is 27.2 Å². The summed E-state index contributed by atoms with van der Waals surface area (Å²) in [7, 11) is 0. The van der Waals surface area contributed by atoms with Gasteiger partial charge in [0.15, 0.2) is 11.5 Å². The molecule has 0 saturated heterocycles. The number of nitrogens with zero attached hydrogens (tertiary/aromatic N) is 4. The smallest absolute Gasteiger partial charge is 0.279 e. The summed E-state index contributed by atoms with van der Waals surface area (Å²) in [6.07, 6.45) is 1.50. The number of anilines is 1. The lowest BCUT2D eigenvalue weighted by Crippen LogP contribution is -2.19. The summed E-state index contributed by atoms with van der Waals surface area (Å²) in [6.45, 7) is 2.01. The molecule has 0 aliphatic heterocycles. The van der Waals surface area contributed by atoms with Crippen molar-refractivity contribution in [2.45, 2.75) is 19.8 Å². The van der Waals surface area contributed by atoms with Gasteiger partial charge in [-0.25, -0.2) is 4.98 Å². The van der Waals surface area contributed by atoms with E-state index in [1.807, 2.05) is 41.9 Å². The number of H-pyrrole nitrogens is 1. The lowest BCUT2D eigenvalue weighted by Gasteiger charge is -2.08. The Hall–Kier alpha value is -3.83. The van der Waals surface area contributed by atoms with Crippen LogP contribution in [-0.4, -0.2) is 30.8 Å². The molecule has 1 amide bonds. The van der Waals surface area contributed by atoms with E-state index in [9.17, 15) is 9.59 Å². The van der Waals surface area contributed by atoms with E-state index in [0.29, 0.717) is 29.4 Å². The Balaban J connectivity index is 1.51. The minimum absolute atomic E-state index is 0.130. The molecule has 11 heteroatoms. The van der Waals surface area contributed by atoms with Gasteiger partial charge in [0, 0.05) is 23.9 Å². The van der Waals surface area contributed by atoms with Crippen LogP contribution in [0.2, 0.25) is 0 Å². The number of aromatic amines is 1. The summed E-state index contributed by atoms with van der Waals surface area (Å²) < 4.78 is 6.75. The van der Waals surface area contributed by atoms with E-state index in [1.54, 1.807) is 12.1 Å². The molecule has 0 aliphatic carbocycles. The summed E-state index contributed by atoms with van der Waals surface area (Å²) in [5.74, 6) is 0.623. The van der Waals surface area contributed by atoms with Crippen molar-refractivity contribution in [3.63, 3.8) is 0 Å². The molecule has 0 fully saturated rings. The third-order valence-corrected chi connectivity index (χ3v) is 6.50. The predicted octanol–water partition coefficient (Wildman–Crippen LogP) is 4.61. The molecule has 166 valence electrons. The number of aromatic nitrogens is 5. The van der Waals surface area contributed by atoms with Crippen molar-refractivity contribution in [3.8, 4) is 27.2 Å². The fourth-order valence-electron chi connectivity index (χ4n) is 3.25. The molecule has 0 spiro atoms. The maximum absolute atomic E-state index is 13.0. The van der Waals surface area contributed by atoms with Gasteiger partial charge in [0.2, 0.25) is 5.95 Å². The van der Waals surface area contributed by atoms with E-state index in [4.69, 9.17) is 4.52 Å². The van der Waals surface area contributed by atoms with Gasteiger partial charge in [-0.05, 0) is 29.3 Å². The van der Waals surface area contributed by atoms with Gasteiger partial charge in [-0.2, -0.15) is 9.78 Å². The number of aryl methyl sites for hydroxylation is 1. The van der Waals surface area contributed by atoms with E-state index in [0.717, 1.165) is 16.2 Å². The summed E-state index contributed by atoms with van der Waals surface area (Å²) in [5, 5.41) is 15.2. The normalized spacial score (nSPS) is 11.1. The van der Waals surface area contributed by atoms with Gasteiger partial charge in [-0.1, -0.05) is 30.6 Å². The van der Waals surface area contributed by atoms with Crippen molar-refractivity contribution >= 4 is 34.4 Å². The van der Waals surface area contributed by atoms with Gasteiger partial charge >= 0.3 is 0 Å². The first-order valence-electron chi connectivity index (χ1n) is 10.2. The number of rotatable bonds is 7. The molecule has 0 aromatic carbocycles. The molecule has 5 heterocycles. The standard InChI is InChI=1S/C22H18N6O3S2/c1-2-5-13-10-20(29)25-22(23-13)28-19(12-14(26-28)17-6-3-8-32-17)24-21(30)15-11-16(31-27-15)18-7-4-9-33-18/h3-4,6-12H,2,5H2,1H3,(H,24,30)(H,23,25,29). The minimum Gasteiger partial charge on any atom is -0.355 e. The lowest BCUT2D eigenvalue weighted by molar-refractivity contribution is 0.101. The van der Waals surface area contributed by atoms with Gasteiger partial charge in [-0.3, -0.25) is 14.6 Å². The number of carbonyl (C=O) groups is 1. The number of thiophene rings is 2. The molecule has 2 N–H and O–H groups in total. The molecule has 5 rings (SSSR count). The summed E-state index contributed by atoms with van der Waals surface area (Å²) in [5.41, 5.74) is 1.14. The number of carbonyl (C=O) groups excluding carboxylic acids is 1. The van der Waals surface area contributed by atoms with Crippen LogP contribution in [0.5, 0.6) is 0 Å². The fourth-order valence-corrected chi connectivity index (χ4v) is 4.61. The Kier molecular flexibility index (Phi) is 5.71. The second kappa shape index (κ2) is 8.96. The molecule has 0 bridgehead atoms. The maximum atomic E-state index is 13.0. The summed E-state index contributed by atoms with van der Waals surface area (Å²) >= 11 is 3.01. The second-order valence-electron chi connectivity index (χ2n) is 7.12. The SMILES string of the molecule is CCCc1cc(=O)[nH]c(-n2nc(-c3cccs3)cc2NC(=O)c2cc(-c3cccs3)on2)n1. The van der Waals surface area contributed by atoms with Gasteiger partial charge in [-0.15, -0.1) is 22.7 Å². The van der Waals surface area contributed by atoms with E-state index < -0.39 is 5.91 Å². The highest BCUT2D eigenvalue weighted by Crippen LogP contribution is 2.28. The van der Waals surface area contributed by atoms with Crippen molar-refractivity contribution in [3.05, 3.63) is 75.0 Å². The average Bonchev–Trinajstić information content (AvgIpc) is 3.60. The van der Waals surface area contributed by atoms with Crippen molar-refractivity contribution in [2.75, 3.05) is 5.32 Å². The van der Waals surface area contributed by atoms with Crippen LogP contribution in [-0.2, 0) is 6.42 Å². The number of hydrogen-bond donors (Lipinski definition) is 2. The predicted molar refractivity (Wildman–Crippen MR) is 127 cm³/mol. The Morgan fingerprint density at radius 3 is 2.67 bits per heavy atom. The molecular weight excluding hydrogens is 460 g/mol. The largest absolute Gasteiger partial charge is 0.355 e. The van der Waals surface area contributed by atoms with Crippen LogP contribution in [0.3, 0.4) is 0 Å². The second-order valence-corrected chi connectivity index (χ2v) is 9.02. The van der Waals surface area contributed by atoms with Gasteiger partial charge in [0.05, 0.1) is 9.75 Å². The molecule has 9 nitrogen and oxygen atoms in total. The van der Waals surface area contributed by atoms with Crippen molar-refractivity contribution in [1.82, 2.24) is 24.9 Å². The molecule has 0 unspecified atom stereocenters. The van der Waals surface area contributed by atoms with Crippen LogP contribution in [0.1, 0.15) is 29.5 Å². The molecule has 0 aliphatic rings. The topological polar surface area (TPSA) is 119 Å². The van der Waals surface area contributed by atoms with Crippen molar-refractivity contribution < 1.29 is 9.32 Å². The summed E-state index contributed by atoms with van der Waals surface area (Å²) in [4.78, 5) is 34.2. The van der Waals surface area contributed by atoms with E-state index >= 15 is 0 Å². The molecular formula is C22H18N6O3S2. The minimum atomic E-state index is -0.465. The molecule has 5 aromatic rings. The molecule has 33 heavy (non-hydrogen) atoms. The highest BCUT2D eigenvalue weighted by atomic mass is 32.1. The fraction of sp³-hybridized carbons (Fsp3) is 0.136. The Morgan fingerprint density at radius 2 is 1.94 bits per heavy atom. The van der Waals surface area contributed by atoms with Crippen LogP contribution in [0, 0.1) is 0 Å². The Morgan fingerprint density at radius 1 is 1.15 bits per heavy atom. The average molecular weight is 479 g/mol. The maximum Gasteiger partial charge on any atom is 0.279 e. The number of hydrogen-bond acceptors (Lipinski definition) is 8. The number of amides is 1.